The van der Waals surface area contributed by atoms with Crippen molar-refractivity contribution in [2.45, 2.75) is 24.7 Å². The van der Waals surface area contributed by atoms with Gasteiger partial charge in [0.1, 0.15) is 5.75 Å². The van der Waals surface area contributed by atoms with Crippen LogP contribution in [0.25, 0.3) is 0 Å². The van der Waals surface area contributed by atoms with Crippen molar-refractivity contribution in [3.05, 3.63) is 24.3 Å². The van der Waals surface area contributed by atoms with Crippen molar-refractivity contribution in [2.24, 2.45) is 11.8 Å². The molecule has 0 aliphatic heterocycles. The van der Waals surface area contributed by atoms with Gasteiger partial charge in [-0.3, -0.25) is 0 Å². The summed E-state index contributed by atoms with van der Waals surface area (Å²) in [5, 5.41) is 0. The van der Waals surface area contributed by atoms with Crippen molar-refractivity contribution in [3.63, 3.8) is 0 Å². The molecule has 5 heteroatoms. The van der Waals surface area contributed by atoms with Gasteiger partial charge in [-0.15, -0.1) is 0 Å². The maximum atomic E-state index is 11.0. The molecule has 1 aliphatic carbocycles. The molecule has 94 valence electrons. The maximum absolute atomic E-state index is 11.0. The normalized spacial score (nSPS) is 24.1. The van der Waals surface area contributed by atoms with E-state index in [1.807, 2.05) is 0 Å². The Morgan fingerprint density at radius 2 is 1.94 bits per heavy atom. The Kier molecular flexibility index (Phi) is 3.64. The third-order valence-corrected chi connectivity index (χ3v) is 4.74. The highest BCUT2D eigenvalue weighted by Gasteiger charge is 2.27. The summed E-state index contributed by atoms with van der Waals surface area (Å²) in [6, 6.07) is 6.20. The van der Waals surface area contributed by atoms with Crippen molar-refractivity contribution in [2.75, 3.05) is 6.61 Å². The van der Waals surface area contributed by atoms with E-state index in [9.17, 15) is 8.42 Å². The summed E-state index contributed by atoms with van der Waals surface area (Å²) < 4.78 is 27.7. The van der Waals surface area contributed by atoms with Crippen LogP contribution in [0, 0.1) is 11.8 Å². The molecule has 1 aromatic rings. The standard InChI is InChI=1S/C12H15ClO3S/c1-9-2-3-10(9)8-16-11-4-6-12(7-5-11)17(13,14)15/h4-7,9-10H,2-3,8H2,1H3/t9-,10+/m0/s1. The maximum Gasteiger partial charge on any atom is 0.261 e. The van der Waals surface area contributed by atoms with E-state index >= 15 is 0 Å². The predicted octanol–water partition coefficient (Wildman–Crippen LogP) is 3.04. The SMILES string of the molecule is C[C@H]1CC[C@@H]1COc1ccc(S(=O)(=O)Cl)cc1. The van der Waals surface area contributed by atoms with E-state index < -0.39 is 9.05 Å². The zero-order valence-electron chi connectivity index (χ0n) is 9.60. The van der Waals surface area contributed by atoms with Gasteiger partial charge in [0.2, 0.25) is 0 Å². The van der Waals surface area contributed by atoms with Crippen LogP contribution in [-0.2, 0) is 9.05 Å². The van der Waals surface area contributed by atoms with Crippen molar-refractivity contribution >= 4 is 19.7 Å². The number of benzene rings is 1. The van der Waals surface area contributed by atoms with Crippen molar-refractivity contribution in [1.29, 1.82) is 0 Å². The first kappa shape index (κ1) is 12.7. The largest absolute Gasteiger partial charge is 0.493 e. The minimum atomic E-state index is -3.64. The van der Waals surface area contributed by atoms with Gasteiger partial charge in [0.05, 0.1) is 11.5 Å². The van der Waals surface area contributed by atoms with Crippen LogP contribution in [0.5, 0.6) is 5.75 Å². The molecule has 0 unspecified atom stereocenters. The molecule has 0 N–H and O–H groups in total. The Balaban J connectivity index is 1.94. The zero-order valence-corrected chi connectivity index (χ0v) is 11.2. The fraction of sp³-hybridized carbons (Fsp3) is 0.500. The second kappa shape index (κ2) is 4.86. The van der Waals surface area contributed by atoms with Crippen LogP contribution in [0.1, 0.15) is 19.8 Å². The third-order valence-electron chi connectivity index (χ3n) is 3.37. The molecule has 1 aliphatic rings. The summed E-state index contributed by atoms with van der Waals surface area (Å²) >= 11 is 0. The van der Waals surface area contributed by atoms with Gasteiger partial charge in [-0.05, 0) is 48.9 Å². The molecule has 0 amide bonds. The summed E-state index contributed by atoms with van der Waals surface area (Å²) in [6.45, 7) is 2.93. The molecule has 1 saturated carbocycles. The quantitative estimate of drug-likeness (QED) is 0.793. The van der Waals surface area contributed by atoms with Crippen LogP contribution >= 0.6 is 10.7 Å². The molecule has 1 aromatic carbocycles. The highest BCUT2D eigenvalue weighted by molar-refractivity contribution is 8.13. The number of ether oxygens (including phenoxy) is 1. The fourth-order valence-corrected chi connectivity index (χ4v) is 2.65. The van der Waals surface area contributed by atoms with Gasteiger partial charge in [-0.2, -0.15) is 0 Å². The van der Waals surface area contributed by atoms with Crippen LogP contribution in [0.15, 0.2) is 29.2 Å². The lowest BCUT2D eigenvalue weighted by Crippen LogP contribution is -2.28. The zero-order chi connectivity index (χ0) is 12.5. The summed E-state index contributed by atoms with van der Waals surface area (Å²) in [6.07, 6.45) is 2.49. The van der Waals surface area contributed by atoms with E-state index in [1.165, 1.54) is 25.0 Å². The Morgan fingerprint density at radius 1 is 1.29 bits per heavy atom. The second-order valence-corrected chi connectivity index (χ2v) is 7.10. The van der Waals surface area contributed by atoms with Crippen LogP contribution in [0.3, 0.4) is 0 Å². The lowest BCUT2D eigenvalue weighted by atomic mass is 9.75. The molecule has 0 spiro atoms. The molecule has 2 rings (SSSR count). The first-order valence-corrected chi connectivity index (χ1v) is 7.95. The Bertz CT molecular complexity index is 481. The van der Waals surface area contributed by atoms with Gasteiger partial charge in [-0.1, -0.05) is 6.92 Å². The summed E-state index contributed by atoms with van der Waals surface area (Å²) in [5.41, 5.74) is 0. The van der Waals surface area contributed by atoms with Crippen LogP contribution in [-0.4, -0.2) is 15.0 Å². The Hall–Kier alpha value is -0.740. The smallest absolute Gasteiger partial charge is 0.261 e. The van der Waals surface area contributed by atoms with E-state index in [4.69, 9.17) is 15.4 Å². The Labute approximate surface area is 106 Å². The molecule has 0 bridgehead atoms. The molecule has 0 aromatic heterocycles. The molecule has 2 atom stereocenters. The molecule has 0 saturated heterocycles. The molecular weight excluding hydrogens is 260 g/mol. The minimum absolute atomic E-state index is 0.100. The van der Waals surface area contributed by atoms with E-state index in [2.05, 4.69) is 6.92 Å². The van der Waals surface area contributed by atoms with E-state index in [1.54, 1.807) is 12.1 Å². The second-order valence-electron chi connectivity index (χ2n) is 4.53. The summed E-state index contributed by atoms with van der Waals surface area (Å²) in [7, 11) is 1.58. The van der Waals surface area contributed by atoms with Gasteiger partial charge in [-0.25, -0.2) is 8.42 Å². The van der Waals surface area contributed by atoms with Gasteiger partial charge in [0.15, 0.2) is 0 Å². The highest BCUT2D eigenvalue weighted by Crippen LogP contribution is 2.34. The summed E-state index contributed by atoms with van der Waals surface area (Å²) in [4.78, 5) is 0.100. The fourth-order valence-electron chi connectivity index (χ4n) is 1.88. The first-order chi connectivity index (χ1) is 7.97. The van der Waals surface area contributed by atoms with Crippen molar-refractivity contribution in [1.82, 2.24) is 0 Å². The van der Waals surface area contributed by atoms with E-state index in [0.29, 0.717) is 18.3 Å². The molecule has 0 heterocycles. The molecule has 0 radical (unpaired) electrons. The monoisotopic (exact) mass is 274 g/mol. The van der Waals surface area contributed by atoms with E-state index in [-0.39, 0.29) is 4.90 Å². The van der Waals surface area contributed by atoms with Gasteiger partial charge in [0, 0.05) is 10.7 Å². The Morgan fingerprint density at radius 3 is 2.35 bits per heavy atom. The predicted molar refractivity (Wildman–Crippen MR) is 66.9 cm³/mol. The van der Waals surface area contributed by atoms with Crippen LogP contribution < -0.4 is 4.74 Å². The van der Waals surface area contributed by atoms with E-state index in [0.717, 1.165) is 5.92 Å². The average molecular weight is 275 g/mol. The van der Waals surface area contributed by atoms with Crippen LogP contribution in [0.2, 0.25) is 0 Å². The number of rotatable bonds is 4. The molecule has 1 fully saturated rings. The molecule has 17 heavy (non-hydrogen) atoms. The minimum Gasteiger partial charge on any atom is -0.493 e. The summed E-state index contributed by atoms with van der Waals surface area (Å²) in [5.74, 6) is 2.05. The average Bonchev–Trinajstić information content (AvgIpc) is 2.27. The first-order valence-electron chi connectivity index (χ1n) is 5.64. The number of hydrogen-bond donors (Lipinski definition) is 0. The van der Waals surface area contributed by atoms with Crippen molar-refractivity contribution in [3.8, 4) is 5.75 Å². The number of halogens is 1. The van der Waals surface area contributed by atoms with Gasteiger partial charge >= 0.3 is 0 Å². The van der Waals surface area contributed by atoms with Crippen LogP contribution in [0.4, 0.5) is 0 Å². The lowest BCUT2D eigenvalue weighted by molar-refractivity contribution is 0.116. The molecule has 3 nitrogen and oxygen atoms in total. The van der Waals surface area contributed by atoms with Gasteiger partial charge < -0.3 is 4.74 Å². The topological polar surface area (TPSA) is 43.4 Å². The highest BCUT2D eigenvalue weighted by atomic mass is 35.7. The van der Waals surface area contributed by atoms with Gasteiger partial charge in [0.25, 0.3) is 9.05 Å². The van der Waals surface area contributed by atoms with Crippen molar-refractivity contribution < 1.29 is 13.2 Å². The number of hydrogen-bond acceptors (Lipinski definition) is 3. The third kappa shape index (κ3) is 3.13. The lowest BCUT2D eigenvalue weighted by Gasteiger charge is -2.33. The molecular formula is C12H15ClO3S.